The van der Waals surface area contributed by atoms with Crippen LogP contribution in [0.4, 0.5) is 0 Å². The second kappa shape index (κ2) is 3.90. The first-order valence-electron chi connectivity index (χ1n) is 5.94. The standard InChI is InChI=1S/C12H19NS/c1-3-9-7-12(11(9)5-1)13-10-4-2-6-14-8-10/h1,5,9-13H,2-4,6-8H2. The van der Waals surface area contributed by atoms with Crippen LogP contribution in [0.3, 0.4) is 0 Å². The maximum absolute atomic E-state index is 3.85. The van der Waals surface area contributed by atoms with E-state index in [0.717, 1.165) is 23.9 Å². The van der Waals surface area contributed by atoms with Gasteiger partial charge in [0.25, 0.3) is 0 Å². The molecule has 2 fully saturated rings. The number of allylic oxidation sites excluding steroid dienone is 1. The molecule has 4 unspecified atom stereocenters. The normalized spacial score (nSPS) is 46.0. The smallest absolute Gasteiger partial charge is 0.0161 e. The number of hydrogen-bond donors (Lipinski definition) is 1. The van der Waals surface area contributed by atoms with Gasteiger partial charge in [0, 0.05) is 17.8 Å². The van der Waals surface area contributed by atoms with Crippen LogP contribution in [-0.2, 0) is 0 Å². The minimum absolute atomic E-state index is 0.814. The molecule has 0 aromatic heterocycles. The summed E-state index contributed by atoms with van der Waals surface area (Å²) in [6.07, 6.45) is 10.4. The monoisotopic (exact) mass is 209 g/mol. The lowest BCUT2D eigenvalue weighted by molar-refractivity contribution is 0.151. The Morgan fingerprint density at radius 3 is 3.14 bits per heavy atom. The molecule has 0 amide bonds. The van der Waals surface area contributed by atoms with E-state index in [2.05, 4.69) is 29.2 Å². The summed E-state index contributed by atoms with van der Waals surface area (Å²) < 4.78 is 0. The molecule has 1 heterocycles. The molecule has 1 saturated heterocycles. The number of fused-ring (bicyclic) bond motifs is 1. The summed E-state index contributed by atoms with van der Waals surface area (Å²) in [4.78, 5) is 0. The lowest BCUT2D eigenvalue weighted by atomic mass is 9.71. The number of rotatable bonds is 2. The van der Waals surface area contributed by atoms with Gasteiger partial charge in [-0.2, -0.15) is 11.8 Å². The van der Waals surface area contributed by atoms with Gasteiger partial charge in [0.15, 0.2) is 0 Å². The maximum Gasteiger partial charge on any atom is 0.0161 e. The molecule has 2 heteroatoms. The first-order chi connectivity index (χ1) is 6.93. The van der Waals surface area contributed by atoms with Crippen LogP contribution in [0.25, 0.3) is 0 Å². The summed E-state index contributed by atoms with van der Waals surface area (Å²) in [5.74, 6) is 4.62. The van der Waals surface area contributed by atoms with Gasteiger partial charge in [-0.25, -0.2) is 0 Å². The van der Waals surface area contributed by atoms with E-state index in [-0.39, 0.29) is 0 Å². The highest BCUT2D eigenvalue weighted by Crippen LogP contribution is 2.43. The Morgan fingerprint density at radius 2 is 2.36 bits per heavy atom. The van der Waals surface area contributed by atoms with Gasteiger partial charge in [0.1, 0.15) is 0 Å². The van der Waals surface area contributed by atoms with Gasteiger partial charge in [-0.1, -0.05) is 12.2 Å². The highest BCUT2D eigenvalue weighted by Gasteiger charge is 2.41. The van der Waals surface area contributed by atoms with E-state index in [1.54, 1.807) is 0 Å². The predicted molar refractivity (Wildman–Crippen MR) is 62.6 cm³/mol. The van der Waals surface area contributed by atoms with Crippen molar-refractivity contribution >= 4 is 11.8 Å². The zero-order chi connectivity index (χ0) is 9.38. The van der Waals surface area contributed by atoms with E-state index in [4.69, 9.17) is 0 Å². The highest BCUT2D eigenvalue weighted by atomic mass is 32.2. The molecule has 3 aliphatic rings. The Hall–Kier alpha value is 0.0500. The van der Waals surface area contributed by atoms with E-state index in [1.807, 2.05) is 0 Å². The van der Waals surface area contributed by atoms with Crippen LogP contribution in [0.15, 0.2) is 12.2 Å². The third-order valence-corrected chi connectivity index (χ3v) is 5.19. The van der Waals surface area contributed by atoms with Crippen molar-refractivity contribution in [3.05, 3.63) is 12.2 Å². The van der Waals surface area contributed by atoms with Crippen molar-refractivity contribution in [2.24, 2.45) is 11.8 Å². The topological polar surface area (TPSA) is 12.0 Å². The van der Waals surface area contributed by atoms with Crippen LogP contribution in [-0.4, -0.2) is 23.6 Å². The van der Waals surface area contributed by atoms with Gasteiger partial charge in [0.05, 0.1) is 0 Å². The maximum atomic E-state index is 3.85. The van der Waals surface area contributed by atoms with E-state index in [0.29, 0.717) is 0 Å². The van der Waals surface area contributed by atoms with Crippen LogP contribution in [0.5, 0.6) is 0 Å². The SMILES string of the molecule is C1=CC2C(C1)CC2NC1CCCSC1. The van der Waals surface area contributed by atoms with Crippen LogP contribution in [0.2, 0.25) is 0 Å². The van der Waals surface area contributed by atoms with Crippen molar-refractivity contribution in [3.8, 4) is 0 Å². The summed E-state index contributed by atoms with van der Waals surface area (Å²) >= 11 is 2.12. The zero-order valence-electron chi connectivity index (χ0n) is 8.61. The molecule has 1 nitrogen and oxygen atoms in total. The summed E-state index contributed by atoms with van der Waals surface area (Å²) in [6.45, 7) is 0. The summed E-state index contributed by atoms with van der Waals surface area (Å²) in [6, 6.07) is 1.64. The lowest BCUT2D eigenvalue weighted by Crippen LogP contribution is -2.52. The molecule has 1 aliphatic heterocycles. The van der Waals surface area contributed by atoms with Crippen LogP contribution in [0.1, 0.15) is 25.7 Å². The molecular formula is C12H19NS. The van der Waals surface area contributed by atoms with E-state index in [1.165, 1.54) is 37.2 Å². The largest absolute Gasteiger partial charge is 0.310 e. The zero-order valence-corrected chi connectivity index (χ0v) is 9.43. The molecule has 1 N–H and O–H groups in total. The summed E-state index contributed by atoms with van der Waals surface area (Å²) in [5, 5.41) is 3.85. The van der Waals surface area contributed by atoms with Crippen LogP contribution in [0, 0.1) is 11.8 Å². The van der Waals surface area contributed by atoms with Crippen molar-refractivity contribution in [1.29, 1.82) is 0 Å². The molecule has 0 bridgehead atoms. The Labute approximate surface area is 90.7 Å². The number of hydrogen-bond acceptors (Lipinski definition) is 2. The minimum atomic E-state index is 0.814. The Kier molecular flexibility index (Phi) is 2.59. The Bertz CT molecular complexity index is 232. The third-order valence-electron chi connectivity index (χ3n) is 3.97. The van der Waals surface area contributed by atoms with Gasteiger partial charge in [0.2, 0.25) is 0 Å². The molecule has 0 spiro atoms. The minimum Gasteiger partial charge on any atom is -0.310 e. The molecular weight excluding hydrogens is 190 g/mol. The summed E-state index contributed by atoms with van der Waals surface area (Å²) in [5.41, 5.74) is 0. The molecule has 78 valence electrons. The fraction of sp³-hybridized carbons (Fsp3) is 0.833. The van der Waals surface area contributed by atoms with Crippen molar-refractivity contribution in [2.75, 3.05) is 11.5 Å². The first-order valence-corrected chi connectivity index (χ1v) is 7.09. The van der Waals surface area contributed by atoms with Gasteiger partial charge in [-0.3, -0.25) is 0 Å². The summed E-state index contributed by atoms with van der Waals surface area (Å²) in [7, 11) is 0. The molecule has 1 saturated carbocycles. The fourth-order valence-corrected chi connectivity index (χ4v) is 4.17. The van der Waals surface area contributed by atoms with Crippen molar-refractivity contribution < 1.29 is 0 Å². The molecule has 0 aromatic carbocycles. The van der Waals surface area contributed by atoms with E-state index in [9.17, 15) is 0 Å². The Morgan fingerprint density at radius 1 is 1.36 bits per heavy atom. The van der Waals surface area contributed by atoms with Crippen LogP contribution < -0.4 is 5.32 Å². The van der Waals surface area contributed by atoms with Gasteiger partial charge in [-0.05, 0) is 43.3 Å². The number of thioether (sulfide) groups is 1. The predicted octanol–water partition coefficient (Wildman–Crippen LogP) is 2.44. The van der Waals surface area contributed by atoms with E-state index < -0.39 is 0 Å². The van der Waals surface area contributed by atoms with Gasteiger partial charge >= 0.3 is 0 Å². The number of nitrogens with one attached hydrogen (secondary N) is 1. The quantitative estimate of drug-likeness (QED) is 0.701. The van der Waals surface area contributed by atoms with Crippen LogP contribution >= 0.6 is 11.8 Å². The highest BCUT2D eigenvalue weighted by molar-refractivity contribution is 7.99. The average Bonchev–Trinajstić information content (AvgIpc) is 2.58. The van der Waals surface area contributed by atoms with Gasteiger partial charge in [-0.15, -0.1) is 0 Å². The Balaban J connectivity index is 1.50. The van der Waals surface area contributed by atoms with E-state index >= 15 is 0 Å². The first kappa shape index (κ1) is 9.29. The van der Waals surface area contributed by atoms with Crippen molar-refractivity contribution in [1.82, 2.24) is 5.32 Å². The molecule has 2 aliphatic carbocycles. The molecule has 4 atom stereocenters. The van der Waals surface area contributed by atoms with Crippen molar-refractivity contribution in [3.63, 3.8) is 0 Å². The molecule has 14 heavy (non-hydrogen) atoms. The second-order valence-electron chi connectivity index (χ2n) is 4.92. The van der Waals surface area contributed by atoms with Crippen molar-refractivity contribution in [2.45, 2.75) is 37.8 Å². The third kappa shape index (κ3) is 1.63. The van der Waals surface area contributed by atoms with Gasteiger partial charge < -0.3 is 5.32 Å². The molecule has 3 rings (SSSR count). The molecule has 0 aromatic rings. The molecule has 0 radical (unpaired) electrons. The fourth-order valence-electron chi connectivity index (χ4n) is 3.08. The average molecular weight is 209 g/mol. The second-order valence-corrected chi connectivity index (χ2v) is 6.07. The lowest BCUT2D eigenvalue weighted by Gasteiger charge is -2.43.